The minimum absolute atomic E-state index is 0.0579. The Labute approximate surface area is 93.1 Å². The number of fused-ring (bicyclic) bond motifs is 1. The van der Waals surface area contributed by atoms with Crippen LogP contribution in [-0.2, 0) is 5.54 Å². The zero-order chi connectivity index (χ0) is 11.2. The maximum Gasteiger partial charge on any atom is 0.323 e. The average molecular weight is 217 g/mol. The van der Waals surface area contributed by atoms with Crippen molar-refractivity contribution in [2.75, 3.05) is 6.54 Å². The van der Waals surface area contributed by atoms with Gasteiger partial charge in [-0.25, -0.2) is 4.79 Å². The molecule has 84 valence electrons. The lowest BCUT2D eigenvalue weighted by atomic mass is 9.90. The minimum Gasteiger partial charge on any atom is -0.308 e. The van der Waals surface area contributed by atoms with Crippen molar-refractivity contribution in [3.05, 3.63) is 34.2 Å². The lowest BCUT2D eigenvalue weighted by Gasteiger charge is -2.24. The normalized spacial score (nSPS) is 25.3. The van der Waals surface area contributed by atoms with Crippen LogP contribution in [0.3, 0.4) is 0 Å². The molecule has 2 heterocycles. The first-order valence-corrected chi connectivity index (χ1v) is 5.65. The molecule has 2 aromatic rings. The van der Waals surface area contributed by atoms with E-state index in [2.05, 4.69) is 34.3 Å². The first-order valence-electron chi connectivity index (χ1n) is 5.65. The van der Waals surface area contributed by atoms with E-state index in [0.717, 1.165) is 24.0 Å². The average Bonchev–Trinajstić information content (AvgIpc) is 2.82. The molecule has 1 aliphatic rings. The van der Waals surface area contributed by atoms with E-state index in [-0.39, 0.29) is 11.2 Å². The lowest BCUT2D eigenvalue weighted by molar-refractivity contribution is 0.435. The number of aromatic amines is 2. The Hall–Kier alpha value is -1.55. The van der Waals surface area contributed by atoms with Gasteiger partial charge in [-0.2, -0.15) is 0 Å². The topological polar surface area (TPSA) is 60.7 Å². The molecule has 1 saturated heterocycles. The maximum atomic E-state index is 11.2. The third-order valence-electron chi connectivity index (χ3n) is 3.52. The van der Waals surface area contributed by atoms with Crippen molar-refractivity contribution in [1.82, 2.24) is 15.3 Å². The maximum absolute atomic E-state index is 11.2. The van der Waals surface area contributed by atoms with E-state index in [0.29, 0.717) is 0 Å². The molecular weight excluding hydrogens is 202 g/mol. The van der Waals surface area contributed by atoms with Gasteiger partial charge in [0, 0.05) is 5.54 Å². The van der Waals surface area contributed by atoms with E-state index in [1.54, 1.807) is 0 Å². The highest BCUT2D eigenvalue weighted by atomic mass is 16.1. The fourth-order valence-corrected chi connectivity index (χ4v) is 2.52. The highest BCUT2D eigenvalue weighted by Gasteiger charge is 2.29. The van der Waals surface area contributed by atoms with Crippen LogP contribution in [0, 0.1) is 0 Å². The van der Waals surface area contributed by atoms with E-state index in [1.165, 1.54) is 12.0 Å². The molecule has 0 spiro atoms. The van der Waals surface area contributed by atoms with E-state index in [9.17, 15) is 4.79 Å². The van der Waals surface area contributed by atoms with Gasteiger partial charge in [0.15, 0.2) is 0 Å². The summed E-state index contributed by atoms with van der Waals surface area (Å²) in [5.41, 5.74) is 2.92. The van der Waals surface area contributed by atoms with Crippen molar-refractivity contribution in [1.29, 1.82) is 0 Å². The van der Waals surface area contributed by atoms with Crippen molar-refractivity contribution in [3.63, 3.8) is 0 Å². The Bertz CT molecular complexity index is 575. The number of rotatable bonds is 1. The molecule has 0 bridgehead atoms. The summed E-state index contributed by atoms with van der Waals surface area (Å²) in [7, 11) is 0. The summed E-state index contributed by atoms with van der Waals surface area (Å²) < 4.78 is 0. The first kappa shape index (κ1) is 9.66. The molecular formula is C12H15N3O. The van der Waals surface area contributed by atoms with Gasteiger partial charge in [-0.1, -0.05) is 6.07 Å². The van der Waals surface area contributed by atoms with Crippen LogP contribution in [0.5, 0.6) is 0 Å². The van der Waals surface area contributed by atoms with Crippen molar-refractivity contribution in [2.45, 2.75) is 25.3 Å². The quantitative estimate of drug-likeness (QED) is 0.677. The largest absolute Gasteiger partial charge is 0.323 e. The van der Waals surface area contributed by atoms with Crippen LogP contribution in [0.4, 0.5) is 0 Å². The summed E-state index contributed by atoms with van der Waals surface area (Å²) in [5, 5.41) is 3.52. The SMILES string of the molecule is CC1(c2ccc3[nH]c(=O)[nH]c3c2)CCCN1. The highest BCUT2D eigenvalue weighted by molar-refractivity contribution is 5.75. The van der Waals surface area contributed by atoms with E-state index < -0.39 is 0 Å². The first-order chi connectivity index (χ1) is 7.67. The Balaban J connectivity index is 2.14. The Kier molecular flexibility index (Phi) is 1.94. The molecule has 3 rings (SSSR count). The predicted octanol–water partition coefficient (Wildman–Crippen LogP) is 1.45. The summed E-state index contributed by atoms with van der Waals surface area (Å²) in [6, 6.07) is 6.11. The van der Waals surface area contributed by atoms with Gasteiger partial charge in [0.25, 0.3) is 0 Å². The summed E-state index contributed by atoms with van der Waals surface area (Å²) in [6.45, 7) is 3.28. The molecule has 1 aliphatic heterocycles. The zero-order valence-electron chi connectivity index (χ0n) is 9.26. The smallest absolute Gasteiger partial charge is 0.308 e. The molecule has 1 aromatic heterocycles. The monoisotopic (exact) mass is 217 g/mol. The van der Waals surface area contributed by atoms with Gasteiger partial charge in [0.05, 0.1) is 11.0 Å². The summed E-state index contributed by atoms with van der Waals surface area (Å²) in [6.07, 6.45) is 2.35. The second kappa shape index (κ2) is 3.22. The fourth-order valence-electron chi connectivity index (χ4n) is 2.52. The van der Waals surface area contributed by atoms with Gasteiger partial charge in [0.1, 0.15) is 0 Å². The Morgan fingerprint density at radius 2 is 2.06 bits per heavy atom. The van der Waals surface area contributed by atoms with Crippen LogP contribution in [-0.4, -0.2) is 16.5 Å². The molecule has 0 amide bonds. The van der Waals surface area contributed by atoms with Crippen LogP contribution in [0.1, 0.15) is 25.3 Å². The van der Waals surface area contributed by atoms with E-state index >= 15 is 0 Å². The number of aromatic nitrogens is 2. The third kappa shape index (κ3) is 1.38. The molecule has 1 atom stereocenters. The number of hydrogen-bond donors (Lipinski definition) is 3. The van der Waals surface area contributed by atoms with E-state index in [4.69, 9.17) is 0 Å². The molecule has 4 heteroatoms. The third-order valence-corrected chi connectivity index (χ3v) is 3.52. The van der Waals surface area contributed by atoms with Gasteiger partial charge in [-0.3, -0.25) is 0 Å². The van der Waals surface area contributed by atoms with Crippen LogP contribution in [0.25, 0.3) is 11.0 Å². The molecule has 0 aliphatic carbocycles. The van der Waals surface area contributed by atoms with Crippen LogP contribution >= 0.6 is 0 Å². The lowest BCUT2D eigenvalue weighted by Crippen LogP contribution is -2.32. The molecule has 3 N–H and O–H groups in total. The molecule has 1 aromatic carbocycles. The summed E-state index contributed by atoms with van der Waals surface area (Å²) in [5.74, 6) is 0. The van der Waals surface area contributed by atoms with Crippen molar-refractivity contribution < 1.29 is 0 Å². The molecule has 0 saturated carbocycles. The van der Waals surface area contributed by atoms with Crippen LogP contribution in [0.15, 0.2) is 23.0 Å². The van der Waals surface area contributed by atoms with Crippen molar-refractivity contribution >= 4 is 11.0 Å². The van der Waals surface area contributed by atoms with Gasteiger partial charge in [-0.15, -0.1) is 0 Å². The second-order valence-electron chi connectivity index (χ2n) is 4.70. The number of imidazole rings is 1. The number of benzene rings is 1. The molecule has 16 heavy (non-hydrogen) atoms. The molecule has 1 fully saturated rings. The summed E-state index contributed by atoms with van der Waals surface area (Å²) >= 11 is 0. The highest BCUT2D eigenvalue weighted by Crippen LogP contribution is 2.31. The Morgan fingerprint density at radius 1 is 1.25 bits per heavy atom. The predicted molar refractivity (Wildman–Crippen MR) is 63.5 cm³/mol. The van der Waals surface area contributed by atoms with Crippen LogP contribution < -0.4 is 11.0 Å². The van der Waals surface area contributed by atoms with Crippen LogP contribution in [0.2, 0.25) is 0 Å². The second-order valence-corrected chi connectivity index (χ2v) is 4.70. The number of nitrogens with one attached hydrogen (secondary N) is 3. The number of H-pyrrole nitrogens is 2. The van der Waals surface area contributed by atoms with Crippen molar-refractivity contribution in [3.8, 4) is 0 Å². The van der Waals surface area contributed by atoms with Gasteiger partial charge in [0.2, 0.25) is 0 Å². The molecule has 1 unspecified atom stereocenters. The Morgan fingerprint density at radius 3 is 2.81 bits per heavy atom. The molecule has 0 radical (unpaired) electrons. The summed E-state index contributed by atoms with van der Waals surface area (Å²) in [4.78, 5) is 16.7. The van der Waals surface area contributed by atoms with Gasteiger partial charge >= 0.3 is 5.69 Å². The van der Waals surface area contributed by atoms with Gasteiger partial charge < -0.3 is 15.3 Å². The standard InChI is InChI=1S/C12H15N3O/c1-12(5-2-6-13-12)8-3-4-9-10(7-8)15-11(16)14-9/h3-4,7,13H,2,5-6H2,1H3,(H2,14,15,16). The van der Waals surface area contributed by atoms with Gasteiger partial charge in [-0.05, 0) is 44.0 Å². The zero-order valence-corrected chi connectivity index (χ0v) is 9.26. The van der Waals surface area contributed by atoms with E-state index in [1.807, 2.05) is 6.07 Å². The minimum atomic E-state index is -0.142. The fraction of sp³-hybridized carbons (Fsp3) is 0.417. The number of hydrogen-bond acceptors (Lipinski definition) is 2. The van der Waals surface area contributed by atoms with Crippen molar-refractivity contribution in [2.24, 2.45) is 0 Å². The molecule has 4 nitrogen and oxygen atoms in total.